The molecule has 0 bridgehead atoms. The predicted octanol–water partition coefficient (Wildman–Crippen LogP) is 4.81. The first-order valence-electron chi connectivity index (χ1n) is 10.1. The average Bonchev–Trinajstić information content (AvgIpc) is 3.22. The number of ether oxygens (including phenoxy) is 1. The van der Waals surface area contributed by atoms with Crippen LogP contribution in [0.5, 0.6) is 0 Å². The highest BCUT2D eigenvalue weighted by molar-refractivity contribution is 6.31. The zero-order chi connectivity index (χ0) is 20.4. The van der Waals surface area contributed by atoms with E-state index in [9.17, 15) is 14.9 Å². The minimum Gasteiger partial charge on any atom is -0.373 e. The maximum Gasteiger partial charge on any atom is 0.148 e. The Morgan fingerprint density at radius 2 is 2.07 bits per heavy atom. The highest BCUT2D eigenvalue weighted by Crippen LogP contribution is 2.44. The molecule has 0 aromatic heterocycles. The van der Waals surface area contributed by atoms with Crippen LogP contribution in [0.15, 0.2) is 18.2 Å². The Balaban J connectivity index is 1.78. The summed E-state index contributed by atoms with van der Waals surface area (Å²) in [5.74, 6) is -0.231. The van der Waals surface area contributed by atoms with Crippen molar-refractivity contribution in [3.8, 4) is 6.07 Å². The third-order valence-electron chi connectivity index (χ3n) is 6.52. The number of carbonyl (C=O) groups excluding carboxylic acids is 2. The summed E-state index contributed by atoms with van der Waals surface area (Å²) >= 11 is 6.46. The molecule has 4 nitrogen and oxygen atoms in total. The monoisotopic (exact) mass is 401 g/mol. The van der Waals surface area contributed by atoms with Crippen LogP contribution in [0, 0.1) is 23.2 Å². The number of aryl methyl sites for hydroxylation is 1. The Bertz CT molecular complexity index is 792. The summed E-state index contributed by atoms with van der Waals surface area (Å²) in [6, 6.07) is 8.16. The van der Waals surface area contributed by atoms with Crippen LogP contribution >= 0.6 is 11.6 Å². The van der Waals surface area contributed by atoms with E-state index in [2.05, 4.69) is 6.07 Å². The molecule has 1 aliphatic carbocycles. The number of nitrogens with zero attached hydrogens (tertiary/aromatic N) is 1. The quantitative estimate of drug-likeness (QED) is 0.506. The minimum atomic E-state index is -0.635. The van der Waals surface area contributed by atoms with Gasteiger partial charge in [-0.05, 0) is 62.6 Å². The molecule has 0 amide bonds. The van der Waals surface area contributed by atoms with Crippen LogP contribution in [0.1, 0.15) is 63.5 Å². The van der Waals surface area contributed by atoms with Crippen LogP contribution in [0.25, 0.3) is 0 Å². The molecular formula is C23H28ClNO3. The van der Waals surface area contributed by atoms with Crippen LogP contribution in [-0.2, 0) is 26.2 Å². The van der Waals surface area contributed by atoms with Crippen LogP contribution in [0.3, 0.4) is 0 Å². The number of hydrogen-bond acceptors (Lipinski definition) is 4. The first-order chi connectivity index (χ1) is 13.3. The number of nitriles is 1. The molecule has 0 N–H and O–H groups in total. The number of rotatable bonds is 6. The fourth-order valence-electron chi connectivity index (χ4n) is 4.66. The normalized spacial score (nSPS) is 26.2. The third-order valence-corrected chi connectivity index (χ3v) is 6.84. The molecule has 1 heterocycles. The molecule has 1 saturated heterocycles. The standard InChI is InChI=1S/C23H28ClNO3/c1-22(2,15-25)19-8-7-16(11-20(19)24)9-10-23(18-5-3-4-6-18)12-21(27)17(13-26)14-28-23/h7-8,11,13,17-18H,3-6,9-10,12,14H2,1-2H3/t17?,23-/m0/s1. The molecule has 2 fully saturated rings. The topological polar surface area (TPSA) is 67.2 Å². The summed E-state index contributed by atoms with van der Waals surface area (Å²) in [5.41, 5.74) is 0.797. The van der Waals surface area contributed by atoms with Gasteiger partial charge in [0.25, 0.3) is 0 Å². The van der Waals surface area contributed by atoms with E-state index in [1.165, 1.54) is 12.8 Å². The third kappa shape index (κ3) is 4.16. The van der Waals surface area contributed by atoms with Crippen molar-refractivity contribution in [1.29, 1.82) is 5.26 Å². The second kappa shape index (κ2) is 8.35. The fraction of sp³-hybridized carbons (Fsp3) is 0.609. The van der Waals surface area contributed by atoms with Crippen molar-refractivity contribution in [3.63, 3.8) is 0 Å². The molecule has 0 spiro atoms. The van der Waals surface area contributed by atoms with Gasteiger partial charge in [-0.15, -0.1) is 0 Å². The van der Waals surface area contributed by atoms with Gasteiger partial charge in [0.15, 0.2) is 0 Å². The van der Waals surface area contributed by atoms with Gasteiger partial charge < -0.3 is 9.53 Å². The molecule has 2 aliphatic rings. The first kappa shape index (κ1) is 21.0. The van der Waals surface area contributed by atoms with Crippen molar-refractivity contribution in [2.24, 2.45) is 11.8 Å². The molecule has 28 heavy (non-hydrogen) atoms. The Morgan fingerprint density at radius 3 is 2.64 bits per heavy atom. The lowest BCUT2D eigenvalue weighted by Crippen LogP contribution is -2.49. The highest BCUT2D eigenvalue weighted by Gasteiger charge is 2.47. The van der Waals surface area contributed by atoms with Gasteiger partial charge in [0.2, 0.25) is 0 Å². The van der Waals surface area contributed by atoms with E-state index in [4.69, 9.17) is 16.3 Å². The smallest absolute Gasteiger partial charge is 0.148 e. The molecule has 1 aromatic carbocycles. The second-order valence-corrected chi connectivity index (χ2v) is 9.20. The molecule has 1 aliphatic heterocycles. The lowest BCUT2D eigenvalue weighted by atomic mass is 9.74. The Hall–Kier alpha value is -1.70. The molecule has 2 atom stereocenters. The van der Waals surface area contributed by atoms with Crippen molar-refractivity contribution >= 4 is 23.7 Å². The van der Waals surface area contributed by atoms with Crippen molar-refractivity contribution in [1.82, 2.24) is 0 Å². The molecule has 150 valence electrons. The summed E-state index contributed by atoms with van der Waals surface area (Å²) in [4.78, 5) is 23.6. The number of carbonyl (C=O) groups is 2. The maximum absolute atomic E-state index is 12.5. The van der Waals surface area contributed by atoms with Gasteiger partial charge in [0, 0.05) is 11.4 Å². The first-order valence-corrected chi connectivity index (χ1v) is 10.5. The van der Waals surface area contributed by atoms with Gasteiger partial charge in [-0.1, -0.05) is 36.6 Å². The Kier molecular flexibility index (Phi) is 6.27. The van der Waals surface area contributed by atoms with E-state index in [1.54, 1.807) is 0 Å². The van der Waals surface area contributed by atoms with Crippen LogP contribution < -0.4 is 0 Å². The van der Waals surface area contributed by atoms with Gasteiger partial charge in [0.1, 0.15) is 12.1 Å². The Labute approximate surface area is 172 Å². The lowest BCUT2D eigenvalue weighted by Gasteiger charge is -2.43. The summed E-state index contributed by atoms with van der Waals surface area (Å²) < 4.78 is 6.24. The number of halogens is 1. The number of benzene rings is 1. The van der Waals surface area contributed by atoms with Crippen molar-refractivity contribution in [2.45, 2.75) is 69.8 Å². The van der Waals surface area contributed by atoms with E-state index in [0.717, 1.165) is 43.1 Å². The van der Waals surface area contributed by atoms with Crippen LogP contribution in [-0.4, -0.2) is 24.3 Å². The van der Waals surface area contributed by atoms with Gasteiger partial charge in [-0.2, -0.15) is 5.26 Å². The summed E-state index contributed by atoms with van der Waals surface area (Å²) in [5, 5.41) is 9.95. The zero-order valence-corrected chi connectivity index (χ0v) is 17.4. The van der Waals surface area contributed by atoms with E-state index in [1.807, 2.05) is 32.0 Å². The molecule has 0 radical (unpaired) electrons. The number of Topliss-reactive ketones (excluding diaryl/α,β-unsaturated/α-hetero) is 1. The van der Waals surface area contributed by atoms with E-state index in [0.29, 0.717) is 17.4 Å². The fourth-order valence-corrected chi connectivity index (χ4v) is 5.10. The van der Waals surface area contributed by atoms with Crippen LogP contribution in [0.2, 0.25) is 5.02 Å². The minimum absolute atomic E-state index is 0.0114. The lowest BCUT2D eigenvalue weighted by molar-refractivity contribution is -0.163. The summed E-state index contributed by atoms with van der Waals surface area (Å²) in [7, 11) is 0. The largest absolute Gasteiger partial charge is 0.373 e. The molecule has 5 heteroatoms. The number of hydrogen-bond donors (Lipinski definition) is 0. The van der Waals surface area contributed by atoms with Crippen molar-refractivity contribution in [2.75, 3.05) is 6.61 Å². The average molecular weight is 402 g/mol. The number of ketones is 1. The second-order valence-electron chi connectivity index (χ2n) is 8.79. The van der Waals surface area contributed by atoms with Gasteiger partial charge in [0.05, 0.1) is 29.6 Å². The van der Waals surface area contributed by atoms with Gasteiger partial charge in [-0.3, -0.25) is 4.79 Å². The van der Waals surface area contributed by atoms with E-state index in [-0.39, 0.29) is 12.4 Å². The molecular weight excluding hydrogens is 374 g/mol. The van der Waals surface area contributed by atoms with Crippen molar-refractivity contribution in [3.05, 3.63) is 34.3 Å². The summed E-state index contributed by atoms with van der Waals surface area (Å²) in [6.45, 7) is 3.91. The highest BCUT2D eigenvalue weighted by atomic mass is 35.5. The van der Waals surface area contributed by atoms with E-state index < -0.39 is 16.9 Å². The van der Waals surface area contributed by atoms with Crippen molar-refractivity contribution < 1.29 is 14.3 Å². The number of aldehydes is 1. The SMILES string of the molecule is CC(C)(C#N)c1ccc(CC[C@@]2(C3CCCC3)CC(=O)C(C=O)CO2)cc1Cl. The molecule has 1 unspecified atom stereocenters. The maximum atomic E-state index is 12.5. The molecule has 3 rings (SSSR count). The Morgan fingerprint density at radius 1 is 1.36 bits per heavy atom. The van der Waals surface area contributed by atoms with E-state index >= 15 is 0 Å². The predicted molar refractivity (Wildman–Crippen MR) is 108 cm³/mol. The summed E-state index contributed by atoms with van der Waals surface area (Å²) in [6.07, 6.45) is 7.04. The molecule has 1 aromatic rings. The van der Waals surface area contributed by atoms with Gasteiger partial charge >= 0.3 is 0 Å². The van der Waals surface area contributed by atoms with Gasteiger partial charge in [-0.25, -0.2) is 0 Å². The van der Waals surface area contributed by atoms with Crippen LogP contribution in [0.4, 0.5) is 0 Å². The molecule has 1 saturated carbocycles. The zero-order valence-electron chi connectivity index (χ0n) is 16.7.